The first-order valence-electron chi connectivity index (χ1n) is 10.2. The number of anilines is 3. The van der Waals surface area contributed by atoms with Gasteiger partial charge in [-0.25, -0.2) is 4.98 Å². The van der Waals surface area contributed by atoms with Crippen LogP contribution in [0.3, 0.4) is 0 Å². The van der Waals surface area contributed by atoms with Crippen molar-refractivity contribution in [3.8, 4) is 11.8 Å². The van der Waals surface area contributed by atoms with E-state index >= 15 is 0 Å². The number of nitrogens with two attached hydrogens (primary N) is 2. The number of nitrogens with one attached hydrogen (secondary N) is 1. The third-order valence-electron chi connectivity index (χ3n) is 5.29. The number of rotatable bonds is 4. The summed E-state index contributed by atoms with van der Waals surface area (Å²) in [5, 5.41) is 11.8. The highest BCUT2D eigenvalue weighted by Gasteiger charge is 2.35. The van der Waals surface area contributed by atoms with Crippen molar-refractivity contribution < 1.29 is 13.2 Å². The van der Waals surface area contributed by atoms with Crippen LogP contribution in [-0.2, 0) is 6.18 Å². The Kier molecular flexibility index (Phi) is 5.73. The Balaban J connectivity index is 2.02. The zero-order valence-corrected chi connectivity index (χ0v) is 18.4. The van der Waals surface area contributed by atoms with E-state index in [9.17, 15) is 23.2 Å². The van der Waals surface area contributed by atoms with Crippen LogP contribution in [-0.4, -0.2) is 24.5 Å². The van der Waals surface area contributed by atoms with Gasteiger partial charge in [0, 0.05) is 6.20 Å². The second-order valence-corrected chi connectivity index (χ2v) is 7.64. The summed E-state index contributed by atoms with van der Waals surface area (Å²) in [7, 11) is 0. The smallest absolute Gasteiger partial charge is 0.382 e. The molecule has 0 spiro atoms. The number of hydrogen-bond donors (Lipinski definition) is 3. The first-order chi connectivity index (χ1) is 16.5. The maximum absolute atomic E-state index is 13.7. The molecule has 178 valence electrons. The Morgan fingerprint density at radius 2 is 1.91 bits per heavy atom. The maximum Gasteiger partial charge on any atom is 0.417 e. The Hall–Kier alpha value is -4.73. The molecule has 3 heterocycles. The molecule has 0 aliphatic carbocycles. The summed E-state index contributed by atoms with van der Waals surface area (Å²) in [4.78, 5) is 29.8. The summed E-state index contributed by atoms with van der Waals surface area (Å²) in [5.41, 5.74) is 9.99. The van der Waals surface area contributed by atoms with E-state index in [1.165, 1.54) is 24.5 Å². The van der Waals surface area contributed by atoms with Crippen LogP contribution >= 0.6 is 0 Å². The average molecular weight is 481 g/mol. The van der Waals surface area contributed by atoms with E-state index in [4.69, 9.17) is 11.5 Å². The summed E-state index contributed by atoms with van der Waals surface area (Å²) < 4.78 is 42.3. The molecule has 0 saturated carbocycles. The molecule has 35 heavy (non-hydrogen) atoms. The van der Waals surface area contributed by atoms with Crippen LogP contribution in [0.2, 0.25) is 0 Å². The van der Waals surface area contributed by atoms with E-state index in [0.29, 0.717) is 5.56 Å². The minimum absolute atomic E-state index is 0.0159. The number of aromatic nitrogens is 5. The van der Waals surface area contributed by atoms with Gasteiger partial charge in [0.15, 0.2) is 5.82 Å². The molecule has 1 atom stereocenters. The fraction of sp³-hybridized carbons (Fsp3) is 0.182. The number of nitriles is 1. The van der Waals surface area contributed by atoms with Crippen molar-refractivity contribution in [2.45, 2.75) is 26.1 Å². The first kappa shape index (κ1) is 23.4. The molecule has 3 aromatic heterocycles. The van der Waals surface area contributed by atoms with Gasteiger partial charge in [0.1, 0.15) is 23.3 Å². The summed E-state index contributed by atoms with van der Waals surface area (Å²) in [6.07, 6.45) is -1.92. The van der Waals surface area contributed by atoms with Crippen LogP contribution < -0.4 is 22.3 Å². The van der Waals surface area contributed by atoms with Gasteiger partial charge in [-0.1, -0.05) is 6.07 Å². The Morgan fingerprint density at radius 1 is 1.17 bits per heavy atom. The second-order valence-electron chi connectivity index (χ2n) is 7.64. The predicted molar refractivity (Wildman–Crippen MR) is 122 cm³/mol. The molecule has 0 radical (unpaired) electrons. The Morgan fingerprint density at radius 3 is 2.57 bits per heavy atom. The minimum Gasteiger partial charge on any atom is -0.382 e. The number of halogens is 3. The number of pyridine rings is 1. The molecule has 1 unspecified atom stereocenters. The van der Waals surface area contributed by atoms with Crippen molar-refractivity contribution >= 4 is 28.5 Å². The van der Waals surface area contributed by atoms with Gasteiger partial charge < -0.3 is 16.8 Å². The molecule has 0 amide bonds. The van der Waals surface area contributed by atoms with Gasteiger partial charge in [-0.3, -0.25) is 14.3 Å². The van der Waals surface area contributed by atoms with E-state index < -0.39 is 28.7 Å². The van der Waals surface area contributed by atoms with E-state index in [2.05, 4.69) is 25.3 Å². The molecular weight excluding hydrogens is 463 g/mol. The van der Waals surface area contributed by atoms with Crippen LogP contribution in [0.5, 0.6) is 0 Å². The number of nitrogen functional groups attached to an aromatic ring is 2. The highest BCUT2D eigenvalue weighted by molar-refractivity contribution is 5.82. The van der Waals surface area contributed by atoms with E-state index in [-0.39, 0.29) is 40.2 Å². The fourth-order valence-electron chi connectivity index (χ4n) is 3.68. The minimum atomic E-state index is -4.77. The molecule has 0 bridgehead atoms. The van der Waals surface area contributed by atoms with E-state index in [0.717, 1.165) is 10.6 Å². The predicted octanol–water partition coefficient (Wildman–Crippen LogP) is 3.11. The molecule has 0 aliphatic heterocycles. The molecule has 13 heteroatoms. The normalized spacial score (nSPS) is 12.3. The zero-order valence-electron chi connectivity index (χ0n) is 18.4. The van der Waals surface area contributed by atoms with Crippen molar-refractivity contribution in [3.63, 3.8) is 0 Å². The van der Waals surface area contributed by atoms with Gasteiger partial charge in [-0.05, 0) is 37.6 Å². The number of hydrogen-bond acceptors (Lipinski definition) is 9. The van der Waals surface area contributed by atoms with Crippen molar-refractivity contribution in [2.75, 3.05) is 16.8 Å². The fourth-order valence-corrected chi connectivity index (χ4v) is 3.68. The van der Waals surface area contributed by atoms with Gasteiger partial charge in [0.05, 0.1) is 34.4 Å². The molecule has 5 N–H and O–H groups in total. The number of nitrogens with zero attached hydrogens (tertiary/aromatic N) is 6. The monoisotopic (exact) mass is 481 g/mol. The second kappa shape index (κ2) is 8.56. The zero-order chi connectivity index (χ0) is 25.5. The van der Waals surface area contributed by atoms with Gasteiger partial charge in [-0.2, -0.15) is 28.4 Å². The van der Waals surface area contributed by atoms with Crippen LogP contribution in [0.4, 0.5) is 30.8 Å². The van der Waals surface area contributed by atoms with Gasteiger partial charge in [0.2, 0.25) is 5.95 Å². The topological polar surface area (TPSA) is 161 Å². The summed E-state index contributed by atoms with van der Waals surface area (Å²) in [5.74, 6) is -0.315. The largest absolute Gasteiger partial charge is 0.417 e. The lowest BCUT2D eigenvalue weighted by Gasteiger charge is -2.22. The van der Waals surface area contributed by atoms with Gasteiger partial charge >= 0.3 is 6.18 Å². The van der Waals surface area contributed by atoms with Crippen LogP contribution in [0.25, 0.3) is 16.6 Å². The van der Waals surface area contributed by atoms with E-state index in [1.54, 1.807) is 19.9 Å². The first-order valence-corrected chi connectivity index (χ1v) is 10.2. The number of fused-ring (bicyclic) bond motifs is 1. The highest BCUT2D eigenvalue weighted by atomic mass is 19.4. The van der Waals surface area contributed by atoms with E-state index in [1.807, 2.05) is 6.07 Å². The summed E-state index contributed by atoms with van der Waals surface area (Å²) in [6, 6.07) is 5.98. The molecule has 0 aliphatic rings. The third-order valence-corrected chi connectivity index (χ3v) is 5.29. The molecule has 0 fully saturated rings. The number of alkyl halides is 3. The standard InChI is InChI=1S/C22H18F3N9O/c1-10-6-7-29-9-15(10)34-19(11(2)30-18-12(8-26)17(27)32-21(28)33-18)31-14-5-3-4-13(22(23,24)25)16(14)20(34)35/h3-7,9,11H,1-2H3,(H5,27,28,30,32,33). The molecule has 4 rings (SSSR count). The number of aryl methyl sites for hydroxylation is 1. The SMILES string of the molecule is Cc1ccncc1-n1c(C(C)Nc2nc(N)nc(N)c2C#N)nc2cccc(C(F)(F)F)c2c1=O. The molecule has 4 aromatic rings. The lowest BCUT2D eigenvalue weighted by molar-refractivity contribution is -0.136. The Bertz CT molecular complexity index is 1560. The molecular formula is C22H18F3N9O. The molecule has 10 nitrogen and oxygen atoms in total. The van der Waals surface area contributed by atoms with Crippen molar-refractivity contribution in [2.24, 2.45) is 0 Å². The number of benzene rings is 1. The molecule has 0 saturated heterocycles. The van der Waals surface area contributed by atoms with Crippen LogP contribution in [0.1, 0.15) is 35.5 Å². The lowest BCUT2D eigenvalue weighted by Crippen LogP contribution is -2.29. The summed E-state index contributed by atoms with van der Waals surface area (Å²) in [6.45, 7) is 3.28. The quantitative estimate of drug-likeness (QED) is 0.398. The summed E-state index contributed by atoms with van der Waals surface area (Å²) >= 11 is 0. The highest BCUT2D eigenvalue weighted by Crippen LogP contribution is 2.34. The van der Waals surface area contributed by atoms with Crippen molar-refractivity contribution in [1.82, 2.24) is 24.5 Å². The van der Waals surface area contributed by atoms with Crippen LogP contribution in [0.15, 0.2) is 41.5 Å². The van der Waals surface area contributed by atoms with Crippen LogP contribution in [0, 0.1) is 18.3 Å². The van der Waals surface area contributed by atoms with Crippen molar-refractivity contribution in [3.05, 3.63) is 69.5 Å². The third kappa shape index (κ3) is 4.17. The maximum atomic E-state index is 13.7. The average Bonchev–Trinajstić information content (AvgIpc) is 2.78. The van der Waals surface area contributed by atoms with Gasteiger partial charge in [0.25, 0.3) is 5.56 Å². The Labute approximate surface area is 196 Å². The van der Waals surface area contributed by atoms with Gasteiger partial charge in [-0.15, -0.1) is 0 Å². The molecule has 1 aromatic carbocycles. The lowest BCUT2D eigenvalue weighted by atomic mass is 10.1. The van der Waals surface area contributed by atoms with Crippen molar-refractivity contribution in [1.29, 1.82) is 5.26 Å².